The normalized spacial score (nSPS) is 14.7. The topological polar surface area (TPSA) is 61.9 Å². The van der Waals surface area contributed by atoms with Gasteiger partial charge < -0.3 is 38.2 Å². The van der Waals surface area contributed by atoms with Crippen molar-refractivity contribution in [3.63, 3.8) is 0 Å². The van der Waals surface area contributed by atoms with Crippen LogP contribution in [0.25, 0.3) is 33.4 Å². The van der Waals surface area contributed by atoms with Crippen LogP contribution in [0.5, 0.6) is 23.0 Å². The molecule has 0 saturated carbocycles. The smallest absolute Gasteiger partial charge is 0.150 e. The molecule has 2 aliphatic rings. The zero-order valence-electron chi connectivity index (χ0n) is 55.5. The Morgan fingerprint density at radius 2 is 0.660 bits per heavy atom. The highest BCUT2D eigenvalue weighted by atomic mass is 19.1. The maximum absolute atomic E-state index is 16.7. The van der Waals surface area contributed by atoms with E-state index in [0.29, 0.717) is 98.6 Å². The SMILES string of the molecule is C=CCOc1ccc(C2(c3ccc(OCCOCC)cc3)c3ccccc3-c3ccc(N(c4ccc(-c5ccc(N(c6ccc7c(c6)C(c6ccc(OCC=C)cc6)(c6ccc(OCCOCC)cc6)c6ccccc6-7)c6ccc(F)cc6F)cc5)cc4)c4ccc(F)cc4F)cc32)cc1. The summed E-state index contributed by atoms with van der Waals surface area (Å²) in [6.07, 6.45) is 3.42. The van der Waals surface area contributed by atoms with E-state index < -0.39 is 34.1 Å². The molecular formula is C88H72F4N2O6. The summed E-state index contributed by atoms with van der Waals surface area (Å²) in [5, 5.41) is 0. The lowest BCUT2D eigenvalue weighted by molar-refractivity contribution is 0.110. The van der Waals surface area contributed by atoms with E-state index in [0.717, 1.165) is 90.0 Å². The number of fused-ring (bicyclic) bond motifs is 6. The fraction of sp³-hybridized carbons (Fsp3) is 0.136. The second-order valence-electron chi connectivity index (χ2n) is 24.4. The predicted molar refractivity (Wildman–Crippen MR) is 391 cm³/mol. The van der Waals surface area contributed by atoms with E-state index in [4.69, 9.17) is 28.4 Å². The van der Waals surface area contributed by atoms with Crippen molar-refractivity contribution in [2.24, 2.45) is 0 Å². The maximum atomic E-state index is 16.7. The van der Waals surface area contributed by atoms with Crippen molar-refractivity contribution >= 4 is 34.1 Å². The fourth-order valence-electron chi connectivity index (χ4n) is 14.4. The van der Waals surface area contributed by atoms with Gasteiger partial charge in [-0.05, 0) is 213 Å². The molecule has 0 N–H and O–H groups in total. The number of anilines is 6. The number of hydrogen-bond donors (Lipinski definition) is 0. The molecule has 0 fully saturated rings. The molecule has 0 heterocycles. The molecule has 0 amide bonds. The molecule has 12 aromatic carbocycles. The molecule has 8 nitrogen and oxygen atoms in total. The first-order chi connectivity index (χ1) is 49.0. The van der Waals surface area contributed by atoms with Crippen molar-refractivity contribution in [2.75, 3.05) is 62.7 Å². The molecule has 498 valence electrons. The van der Waals surface area contributed by atoms with Crippen LogP contribution >= 0.6 is 0 Å². The van der Waals surface area contributed by atoms with Crippen molar-refractivity contribution < 1.29 is 46.0 Å². The maximum Gasteiger partial charge on any atom is 0.150 e. The van der Waals surface area contributed by atoms with Crippen LogP contribution in [-0.4, -0.2) is 52.9 Å². The molecule has 2 unspecified atom stereocenters. The second-order valence-corrected chi connectivity index (χ2v) is 24.4. The Balaban J connectivity index is 0.852. The highest BCUT2D eigenvalue weighted by Gasteiger charge is 2.48. The van der Waals surface area contributed by atoms with E-state index in [1.165, 1.54) is 24.3 Å². The predicted octanol–water partition coefficient (Wildman–Crippen LogP) is 21.5. The molecule has 14 rings (SSSR count). The van der Waals surface area contributed by atoms with E-state index in [9.17, 15) is 0 Å². The summed E-state index contributed by atoms with van der Waals surface area (Å²) < 4.78 is 98.9. The third-order valence-electron chi connectivity index (χ3n) is 18.7. The number of hydrogen-bond acceptors (Lipinski definition) is 8. The van der Waals surface area contributed by atoms with E-state index in [2.05, 4.69) is 122 Å². The van der Waals surface area contributed by atoms with Gasteiger partial charge in [-0.2, -0.15) is 0 Å². The molecule has 12 heteroatoms. The second kappa shape index (κ2) is 28.9. The van der Waals surface area contributed by atoms with Crippen LogP contribution in [0.2, 0.25) is 0 Å². The van der Waals surface area contributed by atoms with Crippen LogP contribution in [0.15, 0.2) is 292 Å². The lowest BCUT2D eigenvalue weighted by Gasteiger charge is -2.35. The first kappa shape index (κ1) is 65.8. The van der Waals surface area contributed by atoms with Gasteiger partial charge in [0.1, 0.15) is 72.7 Å². The monoisotopic (exact) mass is 1330 g/mol. The molecule has 2 atom stereocenters. The van der Waals surface area contributed by atoms with Gasteiger partial charge in [0.05, 0.1) is 35.4 Å². The first-order valence-electron chi connectivity index (χ1n) is 33.6. The van der Waals surface area contributed by atoms with Gasteiger partial charge in [-0.3, -0.25) is 0 Å². The van der Waals surface area contributed by atoms with Gasteiger partial charge in [0.15, 0.2) is 0 Å². The number of rotatable bonds is 27. The Hall–Kier alpha value is -11.4. The molecule has 0 aromatic heterocycles. The van der Waals surface area contributed by atoms with Gasteiger partial charge in [-0.15, -0.1) is 0 Å². The van der Waals surface area contributed by atoms with Gasteiger partial charge in [0, 0.05) is 48.1 Å². The average molecular weight is 1330 g/mol. The summed E-state index contributed by atoms with van der Waals surface area (Å²) in [5.74, 6) is -0.128. The van der Waals surface area contributed by atoms with Crippen molar-refractivity contribution in [3.8, 4) is 56.4 Å². The van der Waals surface area contributed by atoms with Crippen molar-refractivity contribution in [3.05, 3.63) is 360 Å². The molecule has 100 heavy (non-hydrogen) atoms. The third-order valence-corrected chi connectivity index (χ3v) is 18.7. The highest BCUT2D eigenvalue weighted by molar-refractivity contribution is 5.92. The van der Waals surface area contributed by atoms with Crippen LogP contribution in [0.3, 0.4) is 0 Å². The minimum atomic E-state index is -0.901. The minimum absolute atomic E-state index is 0.140. The van der Waals surface area contributed by atoms with Crippen LogP contribution in [-0.2, 0) is 20.3 Å². The molecule has 12 aromatic rings. The summed E-state index contributed by atoms with van der Waals surface area (Å²) >= 11 is 0. The van der Waals surface area contributed by atoms with Gasteiger partial charge in [-0.25, -0.2) is 17.6 Å². The third kappa shape index (κ3) is 12.3. The lowest BCUT2D eigenvalue weighted by atomic mass is 9.67. The zero-order valence-corrected chi connectivity index (χ0v) is 55.5. The van der Waals surface area contributed by atoms with Crippen LogP contribution < -0.4 is 28.7 Å². The zero-order chi connectivity index (χ0) is 68.7. The molecular weight excluding hydrogens is 1260 g/mol. The van der Waals surface area contributed by atoms with Crippen LogP contribution in [0, 0.1) is 23.3 Å². The van der Waals surface area contributed by atoms with Crippen molar-refractivity contribution in [1.29, 1.82) is 0 Å². The Morgan fingerprint density at radius 3 is 1.00 bits per heavy atom. The highest BCUT2D eigenvalue weighted by Crippen LogP contribution is 2.60. The lowest BCUT2D eigenvalue weighted by Crippen LogP contribution is -2.29. The van der Waals surface area contributed by atoms with Gasteiger partial charge in [0.25, 0.3) is 0 Å². The largest absolute Gasteiger partial charge is 0.491 e. The summed E-state index contributed by atoms with van der Waals surface area (Å²) in [4.78, 5) is 3.64. The van der Waals surface area contributed by atoms with Crippen LogP contribution in [0.4, 0.5) is 51.7 Å². The Morgan fingerprint density at radius 1 is 0.330 bits per heavy atom. The summed E-state index contributed by atoms with van der Waals surface area (Å²) in [6, 6.07) is 84.5. The average Bonchev–Trinajstić information content (AvgIpc) is 1.54. The van der Waals surface area contributed by atoms with Crippen molar-refractivity contribution in [2.45, 2.75) is 24.7 Å². The summed E-state index contributed by atoms with van der Waals surface area (Å²) in [5.41, 5.74) is 14.6. The molecule has 0 spiro atoms. The molecule has 0 saturated heterocycles. The first-order valence-corrected chi connectivity index (χ1v) is 33.6. The minimum Gasteiger partial charge on any atom is -0.491 e. The van der Waals surface area contributed by atoms with E-state index in [1.54, 1.807) is 12.2 Å². The molecule has 0 bridgehead atoms. The van der Waals surface area contributed by atoms with Gasteiger partial charge >= 0.3 is 0 Å². The summed E-state index contributed by atoms with van der Waals surface area (Å²) in [7, 11) is 0. The molecule has 0 radical (unpaired) electrons. The quantitative estimate of drug-likeness (QED) is 0.0287. The van der Waals surface area contributed by atoms with Gasteiger partial charge in [-0.1, -0.05) is 159 Å². The van der Waals surface area contributed by atoms with Gasteiger partial charge in [0.2, 0.25) is 0 Å². The van der Waals surface area contributed by atoms with Crippen molar-refractivity contribution in [1.82, 2.24) is 0 Å². The Bertz CT molecular complexity index is 4600. The number of halogens is 4. The van der Waals surface area contributed by atoms with E-state index in [1.807, 2.05) is 145 Å². The fourth-order valence-corrected chi connectivity index (χ4v) is 14.4. The van der Waals surface area contributed by atoms with E-state index in [-0.39, 0.29) is 11.4 Å². The molecule has 0 aliphatic heterocycles. The number of ether oxygens (including phenoxy) is 6. The van der Waals surface area contributed by atoms with Crippen LogP contribution in [0.1, 0.15) is 58.4 Å². The Kier molecular flexibility index (Phi) is 19.1. The van der Waals surface area contributed by atoms with E-state index >= 15 is 17.6 Å². The summed E-state index contributed by atoms with van der Waals surface area (Å²) in [6.45, 7) is 15.2. The number of nitrogens with zero attached hydrogens (tertiary/aromatic N) is 2. The standard InChI is InChI=1S/C88H72F4N2O6/c1-5-49-97-71-37-21-61(22-38-71)87(63-25-41-73(42-26-63)99-53-51-95-7-3)79-15-11-9-13-75(79)77-45-35-69(57-81(77)87)93(85-47-29-65(89)55-83(85)91)67-31-17-59(18-32-67)60-19-33-68(34-20-60)94(86-48-30-66(90)56-84(86)92)70-36-46-78-76-14-10-12-16-80(76)88(82(78)58-70,62-23-39-72(40-24-62)98-50-6-2)64-27-43-74(44-28-64)100-54-52-96-8-4/h5-6,9-48,55-58H,1-2,7-8,49-54H2,3-4H3. The molecule has 2 aliphatic carbocycles. The number of benzene rings is 12. The Labute approximate surface area is 580 Å².